The van der Waals surface area contributed by atoms with Gasteiger partial charge in [-0.15, -0.1) is 0 Å². The third-order valence-corrected chi connectivity index (χ3v) is 2.47. The van der Waals surface area contributed by atoms with Crippen molar-refractivity contribution in [1.29, 1.82) is 0 Å². The zero-order chi connectivity index (χ0) is 12.3. The van der Waals surface area contributed by atoms with Gasteiger partial charge < -0.3 is 10.1 Å². The van der Waals surface area contributed by atoms with Crippen LogP contribution in [0.4, 0.5) is 0 Å². The van der Waals surface area contributed by atoms with Gasteiger partial charge in [0.25, 0.3) is 5.91 Å². The molecule has 0 unspecified atom stereocenters. The van der Waals surface area contributed by atoms with Crippen molar-refractivity contribution in [2.24, 2.45) is 0 Å². The zero-order valence-electron chi connectivity index (χ0n) is 10.5. The predicted octanol–water partition coefficient (Wildman–Crippen LogP) is 2.35. The average molecular weight is 221 g/mol. The van der Waals surface area contributed by atoms with Gasteiger partial charge in [-0.2, -0.15) is 0 Å². The number of benzene rings is 1. The van der Waals surface area contributed by atoms with E-state index < -0.39 is 0 Å². The van der Waals surface area contributed by atoms with E-state index >= 15 is 0 Å². The lowest BCUT2D eigenvalue weighted by molar-refractivity contribution is 0.0960. The first-order valence-corrected chi connectivity index (χ1v) is 5.31. The summed E-state index contributed by atoms with van der Waals surface area (Å²) >= 11 is 0. The third-order valence-electron chi connectivity index (χ3n) is 2.47. The van der Waals surface area contributed by atoms with E-state index in [1.807, 2.05) is 18.2 Å². The minimum atomic E-state index is -0.131. The molecule has 1 amide bonds. The summed E-state index contributed by atoms with van der Waals surface area (Å²) in [7, 11) is 3.26. The summed E-state index contributed by atoms with van der Waals surface area (Å²) in [6.45, 7) is 6.20. The van der Waals surface area contributed by atoms with Crippen molar-refractivity contribution in [3.05, 3.63) is 29.3 Å². The van der Waals surface area contributed by atoms with Crippen LogP contribution in [0.1, 0.15) is 36.7 Å². The summed E-state index contributed by atoms with van der Waals surface area (Å²) in [4.78, 5) is 11.8. The molecule has 1 rings (SSSR count). The van der Waals surface area contributed by atoms with Crippen LogP contribution in [0, 0.1) is 0 Å². The van der Waals surface area contributed by atoms with E-state index in [4.69, 9.17) is 4.74 Å². The van der Waals surface area contributed by atoms with Crippen LogP contribution in [0.15, 0.2) is 18.2 Å². The number of nitrogens with one attached hydrogen (secondary N) is 1. The van der Waals surface area contributed by atoms with Crippen molar-refractivity contribution < 1.29 is 9.53 Å². The summed E-state index contributed by atoms with van der Waals surface area (Å²) in [5.74, 6) is 0.678. The van der Waals surface area contributed by atoms with Gasteiger partial charge in [0.05, 0.1) is 7.11 Å². The largest absolute Gasteiger partial charge is 0.496 e. The molecule has 0 bridgehead atoms. The molecular formula is C13H19NO2. The number of rotatable bonds is 2. The molecule has 0 saturated heterocycles. The summed E-state index contributed by atoms with van der Waals surface area (Å²) in [6, 6.07) is 5.54. The van der Waals surface area contributed by atoms with Gasteiger partial charge in [-0.25, -0.2) is 0 Å². The fraction of sp³-hybridized carbons (Fsp3) is 0.462. The molecule has 0 radical (unpaired) electrons. The molecule has 0 aromatic heterocycles. The van der Waals surface area contributed by atoms with Gasteiger partial charge >= 0.3 is 0 Å². The molecule has 1 aromatic rings. The maximum Gasteiger partial charge on any atom is 0.251 e. The van der Waals surface area contributed by atoms with Crippen molar-refractivity contribution >= 4 is 5.91 Å². The van der Waals surface area contributed by atoms with Crippen LogP contribution in [0.2, 0.25) is 0 Å². The molecule has 0 aliphatic carbocycles. The Morgan fingerprint density at radius 3 is 2.38 bits per heavy atom. The Hall–Kier alpha value is -1.51. The van der Waals surface area contributed by atoms with E-state index in [0.29, 0.717) is 5.56 Å². The van der Waals surface area contributed by atoms with E-state index in [1.165, 1.54) is 0 Å². The number of ether oxygens (including phenoxy) is 1. The third kappa shape index (κ3) is 2.35. The van der Waals surface area contributed by atoms with Gasteiger partial charge in [-0.05, 0) is 17.5 Å². The lowest BCUT2D eigenvalue weighted by Gasteiger charge is -2.24. The highest BCUT2D eigenvalue weighted by atomic mass is 16.5. The molecule has 0 spiro atoms. The number of carbonyl (C=O) groups is 1. The molecule has 0 heterocycles. The predicted molar refractivity (Wildman–Crippen MR) is 65.1 cm³/mol. The molecule has 3 heteroatoms. The number of methoxy groups -OCH3 is 1. The second kappa shape index (κ2) is 4.56. The van der Waals surface area contributed by atoms with Crippen LogP contribution < -0.4 is 10.1 Å². The smallest absolute Gasteiger partial charge is 0.251 e. The first-order chi connectivity index (χ1) is 7.41. The monoisotopic (exact) mass is 221 g/mol. The lowest BCUT2D eigenvalue weighted by atomic mass is 9.82. The molecule has 0 fully saturated rings. The lowest BCUT2D eigenvalue weighted by Crippen LogP contribution is -2.24. The molecule has 0 aliphatic rings. The highest BCUT2D eigenvalue weighted by Gasteiger charge is 2.25. The standard InChI is InChI=1S/C13H19NO2/c1-13(2,3)11-9(12(15)14-4)7-6-8-10(11)16-5/h6-8H,1-5H3,(H,14,15). The highest BCUT2D eigenvalue weighted by molar-refractivity contribution is 5.96. The number of hydrogen-bond donors (Lipinski definition) is 1. The quantitative estimate of drug-likeness (QED) is 0.832. The SMILES string of the molecule is CNC(=O)c1cccc(OC)c1C(C)(C)C. The number of hydrogen-bond acceptors (Lipinski definition) is 2. The first-order valence-electron chi connectivity index (χ1n) is 5.31. The van der Waals surface area contributed by atoms with E-state index in [9.17, 15) is 4.79 Å². The molecule has 16 heavy (non-hydrogen) atoms. The number of carbonyl (C=O) groups excluding carboxylic acids is 1. The number of amides is 1. The van der Waals surface area contributed by atoms with E-state index in [2.05, 4.69) is 26.1 Å². The maximum atomic E-state index is 11.8. The van der Waals surface area contributed by atoms with Crippen molar-refractivity contribution in [3.8, 4) is 5.75 Å². The molecule has 0 saturated carbocycles. The van der Waals surface area contributed by atoms with Crippen LogP contribution in [0.3, 0.4) is 0 Å². The highest BCUT2D eigenvalue weighted by Crippen LogP contribution is 2.34. The van der Waals surface area contributed by atoms with Gasteiger partial charge in [0.2, 0.25) is 0 Å². The van der Waals surface area contributed by atoms with E-state index in [0.717, 1.165) is 11.3 Å². The Morgan fingerprint density at radius 2 is 1.94 bits per heavy atom. The minimum absolute atomic E-state index is 0.0798. The van der Waals surface area contributed by atoms with E-state index in [-0.39, 0.29) is 11.3 Å². The first kappa shape index (κ1) is 12.6. The molecule has 0 aliphatic heterocycles. The molecular weight excluding hydrogens is 202 g/mol. The Kier molecular flexibility index (Phi) is 3.58. The summed E-state index contributed by atoms with van der Waals surface area (Å²) in [6.07, 6.45) is 0. The van der Waals surface area contributed by atoms with Crippen LogP contribution in [-0.4, -0.2) is 20.1 Å². The second-order valence-corrected chi connectivity index (χ2v) is 4.71. The van der Waals surface area contributed by atoms with Gasteiger partial charge in [-0.1, -0.05) is 26.8 Å². The topological polar surface area (TPSA) is 38.3 Å². The van der Waals surface area contributed by atoms with Gasteiger partial charge in [0.1, 0.15) is 5.75 Å². The Bertz CT molecular complexity index is 391. The second-order valence-electron chi connectivity index (χ2n) is 4.71. The van der Waals surface area contributed by atoms with Gasteiger partial charge in [0, 0.05) is 18.2 Å². The van der Waals surface area contributed by atoms with Gasteiger partial charge in [0.15, 0.2) is 0 Å². The van der Waals surface area contributed by atoms with Crippen molar-refractivity contribution in [2.75, 3.05) is 14.2 Å². The minimum Gasteiger partial charge on any atom is -0.496 e. The molecule has 1 aromatic carbocycles. The Morgan fingerprint density at radius 1 is 1.31 bits per heavy atom. The van der Waals surface area contributed by atoms with Crippen LogP contribution in [-0.2, 0) is 5.41 Å². The molecule has 0 atom stereocenters. The summed E-state index contributed by atoms with van der Waals surface area (Å²) in [5, 5.41) is 2.65. The van der Waals surface area contributed by atoms with Crippen LogP contribution in [0.5, 0.6) is 5.75 Å². The van der Waals surface area contributed by atoms with Crippen molar-refractivity contribution in [1.82, 2.24) is 5.32 Å². The Balaban J connectivity index is 3.44. The van der Waals surface area contributed by atoms with Crippen LogP contribution >= 0.6 is 0 Å². The fourth-order valence-corrected chi connectivity index (χ4v) is 1.80. The molecule has 3 nitrogen and oxygen atoms in total. The fourth-order valence-electron chi connectivity index (χ4n) is 1.80. The average Bonchev–Trinajstić information content (AvgIpc) is 2.25. The van der Waals surface area contributed by atoms with E-state index in [1.54, 1.807) is 14.2 Å². The molecule has 88 valence electrons. The van der Waals surface area contributed by atoms with Crippen LogP contribution in [0.25, 0.3) is 0 Å². The molecule has 1 N–H and O–H groups in total. The maximum absolute atomic E-state index is 11.8. The van der Waals surface area contributed by atoms with Gasteiger partial charge in [-0.3, -0.25) is 4.79 Å². The van der Waals surface area contributed by atoms with Crippen molar-refractivity contribution in [3.63, 3.8) is 0 Å². The summed E-state index contributed by atoms with van der Waals surface area (Å²) < 4.78 is 5.33. The van der Waals surface area contributed by atoms with Crippen molar-refractivity contribution in [2.45, 2.75) is 26.2 Å². The Labute approximate surface area is 96.8 Å². The normalized spacial score (nSPS) is 11.1. The zero-order valence-corrected chi connectivity index (χ0v) is 10.5. The summed E-state index contributed by atoms with van der Waals surface area (Å²) in [5.41, 5.74) is 1.49.